The van der Waals surface area contributed by atoms with Crippen LogP contribution in [0.1, 0.15) is 278 Å². The topological polar surface area (TPSA) is 93.9 Å². The number of ether oxygens (including phenoxy) is 2. The molecule has 0 aliphatic carbocycles. The third-order valence-corrected chi connectivity index (χ3v) is 13.1. The zero-order chi connectivity index (χ0) is 45.7. The van der Waals surface area contributed by atoms with Crippen molar-refractivity contribution in [3.8, 4) is 0 Å². The molecule has 1 aromatic rings. The second-order valence-corrected chi connectivity index (χ2v) is 19.3. The normalized spacial score (nSPS) is 12.3. The summed E-state index contributed by atoms with van der Waals surface area (Å²) in [4.78, 5) is 28.2. The Morgan fingerprint density at radius 1 is 0.492 bits per heavy atom. The second kappa shape index (κ2) is 45.2. The minimum absolute atomic E-state index is 0.00178. The number of aliphatic hydroxyl groups excluding tert-OH is 1. The molecule has 1 N–H and O–H groups in total. The number of esters is 2. The van der Waals surface area contributed by atoms with Crippen molar-refractivity contribution >= 4 is 11.9 Å². The zero-order valence-electron chi connectivity index (χ0n) is 42.3. The van der Waals surface area contributed by atoms with Gasteiger partial charge in [0.1, 0.15) is 12.2 Å². The van der Waals surface area contributed by atoms with Crippen LogP contribution < -0.4 is 0 Å². The van der Waals surface area contributed by atoms with Gasteiger partial charge in [0.25, 0.3) is 0 Å². The molecule has 0 saturated heterocycles. The van der Waals surface area contributed by atoms with E-state index in [9.17, 15) is 14.7 Å². The maximum Gasteiger partial charge on any atom is 0.306 e. The first-order valence-corrected chi connectivity index (χ1v) is 27.7. The predicted molar refractivity (Wildman–Crippen MR) is 267 cm³/mol. The lowest BCUT2D eigenvalue weighted by molar-refractivity contribution is -0.151. The molecule has 8 heteroatoms. The fraction of sp³-hybridized carbons (Fsp3) is 0.909. The van der Waals surface area contributed by atoms with Gasteiger partial charge in [0.05, 0.1) is 12.6 Å². The molecular formula is C55H105N3O5. The first-order chi connectivity index (χ1) is 30.9. The molecule has 0 aliphatic rings. The number of nitrogens with zero attached hydrogens (tertiary/aromatic N) is 3. The largest absolute Gasteiger partial charge is 0.462 e. The van der Waals surface area contributed by atoms with E-state index in [1.54, 1.807) is 0 Å². The average Bonchev–Trinajstić information content (AvgIpc) is 3.80. The van der Waals surface area contributed by atoms with Gasteiger partial charge in [-0.2, -0.15) is 5.10 Å². The number of hydrogen-bond acceptors (Lipinski definition) is 7. The van der Waals surface area contributed by atoms with Gasteiger partial charge >= 0.3 is 11.9 Å². The third-order valence-electron chi connectivity index (χ3n) is 13.1. The molecular weight excluding hydrogens is 783 g/mol. The molecule has 370 valence electrons. The van der Waals surface area contributed by atoms with E-state index >= 15 is 0 Å². The van der Waals surface area contributed by atoms with E-state index in [1.165, 1.54) is 141 Å². The minimum Gasteiger partial charge on any atom is -0.462 e. The monoisotopic (exact) mass is 888 g/mol. The van der Waals surface area contributed by atoms with Crippen molar-refractivity contribution in [2.24, 2.45) is 0 Å². The first kappa shape index (κ1) is 59.1. The molecule has 0 fully saturated rings. The molecule has 8 nitrogen and oxygen atoms in total. The Labute approximate surface area is 390 Å². The number of carbonyl (C=O) groups excluding carboxylic acids is 2. The van der Waals surface area contributed by atoms with Crippen molar-refractivity contribution in [3.05, 3.63) is 18.5 Å². The summed E-state index contributed by atoms with van der Waals surface area (Å²) in [5, 5.41) is 15.5. The van der Waals surface area contributed by atoms with E-state index in [-0.39, 0.29) is 30.3 Å². The van der Waals surface area contributed by atoms with E-state index < -0.39 is 0 Å². The van der Waals surface area contributed by atoms with Crippen molar-refractivity contribution in [3.63, 3.8) is 0 Å². The van der Waals surface area contributed by atoms with Crippen LogP contribution in [0.4, 0.5) is 0 Å². The molecule has 63 heavy (non-hydrogen) atoms. The Morgan fingerprint density at radius 3 is 1.27 bits per heavy atom. The summed E-state index contributed by atoms with van der Waals surface area (Å²) in [6.45, 7) is 12.3. The first-order valence-electron chi connectivity index (χ1n) is 27.7. The van der Waals surface area contributed by atoms with Crippen LogP contribution >= 0.6 is 0 Å². The van der Waals surface area contributed by atoms with Gasteiger partial charge in [0, 0.05) is 38.3 Å². The Balaban J connectivity index is 2.40. The Bertz CT molecular complexity index is 1070. The lowest BCUT2D eigenvalue weighted by Crippen LogP contribution is -2.35. The van der Waals surface area contributed by atoms with Gasteiger partial charge in [-0.05, 0) is 89.7 Å². The quantitative estimate of drug-likeness (QED) is 0.0514. The van der Waals surface area contributed by atoms with Crippen molar-refractivity contribution in [1.82, 2.24) is 14.7 Å². The molecule has 0 aliphatic heterocycles. The van der Waals surface area contributed by atoms with Crippen molar-refractivity contribution in [1.29, 1.82) is 0 Å². The molecule has 1 rings (SSSR count). The zero-order valence-corrected chi connectivity index (χ0v) is 42.3. The van der Waals surface area contributed by atoms with E-state index in [0.29, 0.717) is 19.4 Å². The standard InChI is InChI=1S/C55H105N3O5/c1-5-9-13-17-22-30-39-52(40-31-23-18-14-10-6-2)62-54(60)43-34-26-21-27-36-46-57(48-49-58-47-37-45-56-58)50-51(59)38-29-28-35-44-55(61)63-53(41-32-24-19-15-11-7-3)42-33-25-20-16-12-8-4/h37,45,47,51-53,59H,5-36,38-44,46,48-50H2,1-4H3. The highest BCUT2D eigenvalue weighted by Gasteiger charge is 2.17. The summed E-state index contributed by atoms with van der Waals surface area (Å²) < 4.78 is 14.1. The van der Waals surface area contributed by atoms with E-state index in [1.807, 2.05) is 23.1 Å². The lowest BCUT2D eigenvalue weighted by atomic mass is 10.0. The van der Waals surface area contributed by atoms with Gasteiger partial charge in [-0.15, -0.1) is 0 Å². The van der Waals surface area contributed by atoms with Crippen LogP contribution in [0.25, 0.3) is 0 Å². The Morgan fingerprint density at radius 2 is 0.857 bits per heavy atom. The molecule has 0 bridgehead atoms. The van der Waals surface area contributed by atoms with Gasteiger partial charge in [-0.3, -0.25) is 19.2 Å². The summed E-state index contributed by atoms with van der Waals surface area (Å²) in [5.74, 6) is -0.0320. The molecule has 0 spiro atoms. The van der Waals surface area contributed by atoms with Crippen LogP contribution in [0.3, 0.4) is 0 Å². The van der Waals surface area contributed by atoms with Gasteiger partial charge in [0.15, 0.2) is 0 Å². The maximum atomic E-state index is 12.9. The summed E-state index contributed by atoms with van der Waals surface area (Å²) in [7, 11) is 0. The molecule has 1 heterocycles. The lowest BCUT2D eigenvalue weighted by Gasteiger charge is -2.25. The number of aliphatic hydroxyl groups is 1. The second-order valence-electron chi connectivity index (χ2n) is 19.3. The van der Waals surface area contributed by atoms with E-state index in [0.717, 1.165) is 116 Å². The molecule has 1 atom stereocenters. The van der Waals surface area contributed by atoms with Crippen LogP contribution in [0.2, 0.25) is 0 Å². The van der Waals surface area contributed by atoms with Gasteiger partial charge < -0.3 is 14.6 Å². The van der Waals surface area contributed by atoms with Gasteiger partial charge in [-0.1, -0.05) is 188 Å². The van der Waals surface area contributed by atoms with Crippen molar-refractivity contribution in [2.75, 3.05) is 19.6 Å². The van der Waals surface area contributed by atoms with Crippen LogP contribution in [-0.2, 0) is 25.6 Å². The SMILES string of the molecule is CCCCCCCCC(CCCCCCCC)OC(=O)CCCCCCCN(CCn1cccn1)CC(O)CCCCCC(=O)OC(CCCCCCCC)CCCCCCCC. The fourth-order valence-corrected chi connectivity index (χ4v) is 8.94. The molecule has 0 amide bonds. The molecule has 1 unspecified atom stereocenters. The van der Waals surface area contributed by atoms with Crippen molar-refractivity contribution < 1.29 is 24.2 Å². The van der Waals surface area contributed by atoms with Gasteiger partial charge in [0.2, 0.25) is 0 Å². The molecule has 1 aromatic heterocycles. The predicted octanol–water partition coefficient (Wildman–Crippen LogP) is 15.7. The number of rotatable bonds is 49. The summed E-state index contributed by atoms with van der Waals surface area (Å²) in [6.07, 6.45) is 47.9. The molecule has 0 radical (unpaired) electrons. The highest BCUT2D eigenvalue weighted by Crippen LogP contribution is 2.20. The number of unbranched alkanes of at least 4 members (excludes halogenated alkanes) is 26. The summed E-state index contributed by atoms with van der Waals surface area (Å²) in [6, 6.07) is 1.96. The summed E-state index contributed by atoms with van der Waals surface area (Å²) in [5.41, 5.74) is 0. The van der Waals surface area contributed by atoms with Crippen LogP contribution in [0.5, 0.6) is 0 Å². The average molecular weight is 888 g/mol. The Kier molecular flexibility index (Phi) is 42.4. The van der Waals surface area contributed by atoms with Crippen LogP contribution in [-0.4, -0.2) is 69.7 Å². The smallest absolute Gasteiger partial charge is 0.306 e. The third kappa shape index (κ3) is 39.0. The van der Waals surface area contributed by atoms with Gasteiger partial charge in [-0.25, -0.2) is 0 Å². The fourth-order valence-electron chi connectivity index (χ4n) is 8.94. The van der Waals surface area contributed by atoms with Crippen LogP contribution in [0.15, 0.2) is 18.5 Å². The Hall–Kier alpha value is -1.93. The van der Waals surface area contributed by atoms with E-state index in [4.69, 9.17) is 9.47 Å². The highest BCUT2D eigenvalue weighted by atomic mass is 16.5. The minimum atomic E-state index is -0.384. The summed E-state index contributed by atoms with van der Waals surface area (Å²) >= 11 is 0. The molecule has 0 aromatic carbocycles. The number of hydrogen-bond donors (Lipinski definition) is 1. The molecule has 0 saturated carbocycles. The highest BCUT2D eigenvalue weighted by molar-refractivity contribution is 5.69. The number of carbonyl (C=O) groups is 2. The van der Waals surface area contributed by atoms with E-state index in [2.05, 4.69) is 37.7 Å². The maximum absolute atomic E-state index is 12.9. The van der Waals surface area contributed by atoms with Crippen molar-refractivity contribution in [2.45, 2.75) is 303 Å². The van der Waals surface area contributed by atoms with Crippen LogP contribution in [0, 0.1) is 0 Å². The number of aromatic nitrogens is 2.